The van der Waals surface area contributed by atoms with Crippen molar-refractivity contribution in [2.24, 2.45) is 0 Å². The highest BCUT2D eigenvalue weighted by molar-refractivity contribution is 7.99. The number of hydrogen-bond donors (Lipinski definition) is 0. The number of fused-ring (bicyclic) bond motifs is 1. The van der Waals surface area contributed by atoms with Gasteiger partial charge in [-0.1, -0.05) is 6.92 Å². The lowest BCUT2D eigenvalue weighted by Crippen LogP contribution is -1.93. The maximum atomic E-state index is 11.3. The number of nitrogens with zero attached hydrogens (tertiary/aromatic N) is 1. The van der Waals surface area contributed by atoms with Crippen LogP contribution in [0.25, 0.3) is 10.8 Å². The topological polar surface area (TPSA) is 30.0 Å². The maximum absolute atomic E-state index is 11.3. The molecule has 4 heteroatoms. The van der Waals surface area contributed by atoms with Gasteiger partial charge in [0.05, 0.1) is 0 Å². The normalized spacial score (nSPS) is 10.6. The second-order valence-corrected chi connectivity index (χ2v) is 4.93. The van der Waals surface area contributed by atoms with Crippen LogP contribution < -0.4 is 0 Å². The van der Waals surface area contributed by atoms with Crippen molar-refractivity contribution in [3.05, 3.63) is 36.2 Å². The summed E-state index contributed by atoms with van der Waals surface area (Å²) >= 11 is 7.19. The number of carbonyl (C=O) groups is 1. The van der Waals surface area contributed by atoms with Crippen LogP contribution in [0.15, 0.2) is 35.5 Å². The molecule has 1 aromatic heterocycles. The van der Waals surface area contributed by atoms with Gasteiger partial charge in [0.15, 0.2) is 0 Å². The van der Waals surface area contributed by atoms with E-state index in [0.717, 1.165) is 21.4 Å². The molecule has 1 aromatic carbocycles. The van der Waals surface area contributed by atoms with Crippen LogP contribution in [-0.2, 0) is 0 Å². The van der Waals surface area contributed by atoms with E-state index < -0.39 is 5.24 Å². The highest BCUT2D eigenvalue weighted by Gasteiger charge is 2.10. The third-order valence-corrected chi connectivity index (χ3v) is 3.39. The SMILES string of the molecule is CCSc1cc2cnccc2cc1C(=O)Cl. The molecule has 0 spiro atoms. The Kier molecular flexibility index (Phi) is 3.46. The summed E-state index contributed by atoms with van der Waals surface area (Å²) in [7, 11) is 0. The third kappa shape index (κ3) is 2.20. The molecule has 2 rings (SSSR count). The van der Waals surface area contributed by atoms with Gasteiger partial charge in [-0.3, -0.25) is 9.78 Å². The van der Waals surface area contributed by atoms with Gasteiger partial charge in [0.1, 0.15) is 0 Å². The van der Waals surface area contributed by atoms with E-state index in [4.69, 9.17) is 11.6 Å². The summed E-state index contributed by atoms with van der Waals surface area (Å²) in [4.78, 5) is 16.3. The van der Waals surface area contributed by atoms with Crippen LogP contribution in [0.2, 0.25) is 0 Å². The number of aromatic nitrogens is 1. The molecule has 1 heterocycles. The molecule has 2 aromatic rings. The lowest BCUT2D eigenvalue weighted by molar-refractivity contribution is 0.107. The molecule has 16 heavy (non-hydrogen) atoms. The molecule has 0 radical (unpaired) electrons. The lowest BCUT2D eigenvalue weighted by atomic mass is 10.1. The van der Waals surface area contributed by atoms with Crippen molar-refractivity contribution in [3.8, 4) is 0 Å². The number of pyridine rings is 1. The van der Waals surface area contributed by atoms with Gasteiger partial charge in [0.25, 0.3) is 5.24 Å². The van der Waals surface area contributed by atoms with E-state index in [-0.39, 0.29) is 0 Å². The van der Waals surface area contributed by atoms with Crippen molar-refractivity contribution in [1.29, 1.82) is 0 Å². The van der Waals surface area contributed by atoms with Gasteiger partial charge in [-0.2, -0.15) is 0 Å². The summed E-state index contributed by atoms with van der Waals surface area (Å²) in [5.74, 6) is 0.906. The van der Waals surface area contributed by atoms with Crippen LogP contribution in [0.4, 0.5) is 0 Å². The Morgan fingerprint density at radius 3 is 2.94 bits per heavy atom. The fourth-order valence-corrected chi connectivity index (χ4v) is 2.58. The summed E-state index contributed by atoms with van der Waals surface area (Å²) in [5, 5.41) is 1.61. The van der Waals surface area contributed by atoms with Crippen molar-refractivity contribution < 1.29 is 4.79 Å². The number of benzene rings is 1. The molecule has 2 nitrogen and oxygen atoms in total. The number of thioether (sulfide) groups is 1. The van der Waals surface area contributed by atoms with Gasteiger partial charge in [-0.25, -0.2) is 0 Å². The van der Waals surface area contributed by atoms with Crippen LogP contribution in [-0.4, -0.2) is 16.0 Å². The Morgan fingerprint density at radius 1 is 1.44 bits per heavy atom. The summed E-state index contributed by atoms with van der Waals surface area (Å²) in [6.07, 6.45) is 3.50. The van der Waals surface area contributed by atoms with E-state index in [1.165, 1.54) is 0 Å². The molecule has 0 aliphatic rings. The van der Waals surface area contributed by atoms with Gasteiger partial charge in [-0.05, 0) is 40.9 Å². The molecule has 0 amide bonds. The number of hydrogen-bond acceptors (Lipinski definition) is 3. The standard InChI is InChI=1S/C12H10ClNOS/c1-2-16-11-6-9-7-14-4-3-8(9)5-10(11)12(13)15/h3-7H,2H2,1H3. The van der Waals surface area contributed by atoms with Crippen molar-refractivity contribution >= 4 is 39.4 Å². The second kappa shape index (κ2) is 4.85. The highest BCUT2D eigenvalue weighted by Crippen LogP contribution is 2.28. The summed E-state index contributed by atoms with van der Waals surface area (Å²) in [6.45, 7) is 2.04. The minimum absolute atomic E-state index is 0.408. The van der Waals surface area contributed by atoms with E-state index in [9.17, 15) is 4.79 Å². The first-order valence-corrected chi connectivity index (χ1v) is 6.29. The number of rotatable bonds is 3. The second-order valence-electron chi connectivity index (χ2n) is 3.28. The monoisotopic (exact) mass is 251 g/mol. The van der Waals surface area contributed by atoms with Crippen molar-refractivity contribution in [2.75, 3.05) is 5.75 Å². The van der Waals surface area contributed by atoms with Gasteiger partial charge in [0.2, 0.25) is 0 Å². The quantitative estimate of drug-likeness (QED) is 0.615. The van der Waals surface area contributed by atoms with E-state index in [0.29, 0.717) is 5.56 Å². The number of halogens is 1. The molecule has 0 aliphatic heterocycles. The van der Waals surface area contributed by atoms with Crippen molar-refractivity contribution in [1.82, 2.24) is 4.98 Å². The first-order chi connectivity index (χ1) is 7.72. The Balaban J connectivity index is 2.65. The fraction of sp³-hybridized carbons (Fsp3) is 0.167. The smallest absolute Gasteiger partial charge is 0.253 e. The summed E-state index contributed by atoms with van der Waals surface area (Å²) in [6, 6.07) is 5.66. The molecule has 0 fully saturated rings. The molecule has 0 bridgehead atoms. The Morgan fingerprint density at radius 2 is 2.25 bits per heavy atom. The van der Waals surface area contributed by atoms with Crippen molar-refractivity contribution in [2.45, 2.75) is 11.8 Å². The largest absolute Gasteiger partial charge is 0.276 e. The predicted octanol–water partition coefficient (Wildman–Crippen LogP) is 3.73. The summed E-state index contributed by atoms with van der Waals surface area (Å²) in [5.41, 5.74) is 0.576. The zero-order chi connectivity index (χ0) is 11.5. The summed E-state index contributed by atoms with van der Waals surface area (Å²) < 4.78 is 0. The molecular formula is C12H10ClNOS. The van der Waals surface area contributed by atoms with E-state index in [1.807, 2.05) is 25.1 Å². The first kappa shape index (κ1) is 11.4. The third-order valence-electron chi connectivity index (χ3n) is 2.25. The van der Waals surface area contributed by atoms with Crippen LogP contribution in [0, 0.1) is 0 Å². The van der Waals surface area contributed by atoms with Crippen molar-refractivity contribution in [3.63, 3.8) is 0 Å². The predicted molar refractivity (Wildman–Crippen MR) is 68.3 cm³/mol. The molecule has 0 N–H and O–H groups in total. The first-order valence-electron chi connectivity index (χ1n) is 4.92. The zero-order valence-corrected chi connectivity index (χ0v) is 10.3. The van der Waals surface area contributed by atoms with E-state index in [1.54, 1.807) is 24.2 Å². The molecule has 0 aliphatic carbocycles. The van der Waals surface area contributed by atoms with Gasteiger partial charge < -0.3 is 0 Å². The van der Waals surface area contributed by atoms with Crippen LogP contribution in [0.3, 0.4) is 0 Å². The van der Waals surface area contributed by atoms with Gasteiger partial charge in [0, 0.05) is 28.2 Å². The molecule has 0 saturated heterocycles. The van der Waals surface area contributed by atoms with E-state index >= 15 is 0 Å². The van der Waals surface area contributed by atoms with Crippen LogP contribution in [0.5, 0.6) is 0 Å². The van der Waals surface area contributed by atoms with Gasteiger partial charge >= 0.3 is 0 Å². The van der Waals surface area contributed by atoms with Crippen LogP contribution >= 0.6 is 23.4 Å². The number of carbonyl (C=O) groups excluding carboxylic acids is 1. The van der Waals surface area contributed by atoms with E-state index in [2.05, 4.69) is 4.98 Å². The minimum Gasteiger partial charge on any atom is -0.276 e. The molecule has 82 valence electrons. The fourth-order valence-electron chi connectivity index (χ4n) is 1.54. The zero-order valence-electron chi connectivity index (χ0n) is 8.74. The Labute approximate surface area is 103 Å². The molecule has 0 atom stereocenters. The molecule has 0 unspecified atom stereocenters. The highest BCUT2D eigenvalue weighted by atomic mass is 35.5. The van der Waals surface area contributed by atoms with Crippen LogP contribution in [0.1, 0.15) is 17.3 Å². The minimum atomic E-state index is -0.408. The van der Waals surface area contributed by atoms with Gasteiger partial charge in [-0.15, -0.1) is 11.8 Å². The maximum Gasteiger partial charge on any atom is 0.253 e. The molecule has 0 saturated carbocycles. The Bertz CT molecular complexity index is 542. The Hall–Kier alpha value is -1.06. The average Bonchev–Trinajstić information content (AvgIpc) is 2.28. The average molecular weight is 252 g/mol. The molecular weight excluding hydrogens is 242 g/mol. The lowest BCUT2D eigenvalue weighted by Gasteiger charge is -2.06.